The third-order valence-corrected chi connectivity index (χ3v) is 8.41. The number of sulfonamides is 1. The highest BCUT2D eigenvalue weighted by molar-refractivity contribution is 7.92. The molecule has 0 aliphatic carbocycles. The van der Waals surface area contributed by atoms with E-state index in [2.05, 4.69) is 5.32 Å². The van der Waals surface area contributed by atoms with Crippen LogP contribution in [0.15, 0.2) is 77.7 Å². The summed E-state index contributed by atoms with van der Waals surface area (Å²) in [4.78, 5) is 27.8. The van der Waals surface area contributed by atoms with E-state index >= 15 is 0 Å². The Labute approximate surface area is 230 Å². The van der Waals surface area contributed by atoms with Crippen molar-refractivity contribution in [3.8, 4) is 0 Å². The number of halogens is 1. The summed E-state index contributed by atoms with van der Waals surface area (Å²) in [6.07, 6.45) is 0. The second-order valence-electron chi connectivity index (χ2n) is 9.51. The molecule has 3 rings (SSSR count). The van der Waals surface area contributed by atoms with Gasteiger partial charge in [-0.25, -0.2) is 8.42 Å². The SMILES string of the molecule is CNC(=O)[C@H](C)N(Cc1cccc(Cl)c1)C(=O)CN(c1ccc(C(C)C)cc1)S(=O)(=O)c1ccc(C)cc1. The van der Waals surface area contributed by atoms with Crippen molar-refractivity contribution in [2.75, 3.05) is 17.9 Å². The Hall–Kier alpha value is -3.36. The lowest BCUT2D eigenvalue weighted by Crippen LogP contribution is -2.50. The predicted octanol–water partition coefficient (Wildman–Crippen LogP) is 5.13. The van der Waals surface area contributed by atoms with Crippen molar-refractivity contribution in [3.05, 3.63) is 94.5 Å². The van der Waals surface area contributed by atoms with Gasteiger partial charge in [-0.2, -0.15) is 0 Å². The molecule has 0 aromatic heterocycles. The molecular weight excluding hydrogens is 522 g/mol. The number of nitrogens with zero attached hydrogens (tertiary/aromatic N) is 2. The minimum Gasteiger partial charge on any atom is -0.357 e. The Morgan fingerprint density at radius 3 is 2.13 bits per heavy atom. The largest absolute Gasteiger partial charge is 0.357 e. The lowest BCUT2D eigenvalue weighted by molar-refractivity contribution is -0.139. The molecule has 0 saturated carbocycles. The minimum atomic E-state index is -4.10. The normalized spacial score (nSPS) is 12.2. The van der Waals surface area contributed by atoms with Gasteiger partial charge in [0.15, 0.2) is 0 Å². The molecule has 0 saturated heterocycles. The number of hydrogen-bond donors (Lipinski definition) is 1. The van der Waals surface area contributed by atoms with Crippen molar-refractivity contribution in [3.63, 3.8) is 0 Å². The number of amides is 2. The van der Waals surface area contributed by atoms with Gasteiger partial charge in [0, 0.05) is 18.6 Å². The topological polar surface area (TPSA) is 86.8 Å². The molecule has 38 heavy (non-hydrogen) atoms. The molecule has 0 radical (unpaired) electrons. The number of rotatable bonds is 10. The number of likely N-dealkylation sites (N-methyl/N-ethyl adjacent to an activating group) is 1. The van der Waals surface area contributed by atoms with Crippen molar-refractivity contribution in [2.45, 2.75) is 51.1 Å². The number of aryl methyl sites for hydroxylation is 1. The van der Waals surface area contributed by atoms with Crippen LogP contribution in [0.25, 0.3) is 0 Å². The van der Waals surface area contributed by atoms with Gasteiger partial charge >= 0.3 is 0 Å². The minimum absolute atomic E-state index is 0.0737. The van der Waals surface area contributed by atoms with Gasteiger partial charge < -0.3 is 10.2 Å². The summed E-state index contributed by atoms with van der Waals surface area (Å²) in [5.41, 5.74) is 3.04. The molecule has 1 N–H and O–H groups in total. The van der Waals surface area contributed by atoms with Crippen LogP contribution in [0.1, 0.15) is 43.4 Å². The van der Waals surface area contributed by atoms with Gasteiger partial charge in [-0.15, -0.1) is 0 Å². The highest BCUT2D eigenvalue weighted by atomic mass is 35.5. The highest BCUT2D eigenvalue weighted by Gasteiger charge is 2.32. The summed E-state index contributed by atoms with van der Waals surface area (Å²) in [5.74, 6) is -0.631. The summed E-state index contributed by atoms with van der Waals surface area (Å²) in [6, 6.07) is 19.8. The first kappa shape index (κ1) is 29.2. The molecule has 0 aliphatic rings. The smallest absolute Gasteiger partial charge is 0.264 e. The number of benzene rings is 3. The second-order valence-corrected chi connectivity index (χ2v) is 11.8. The van der Waals surface area contributed by atoms with Crippen molar-refractivity contribution in [1.29, 1.82) is 0 Å². The fourth-order valence-corrected chi connectivity index (χ4v) is 5.64. The van der Waals surface area contributed by atoms with Gasteiger partial charge in [-0.1, -0.05) is 67.4 Å². The van der Waals surface area contributed by atoms with E-state index in [1.54, 1.807) is 55.5 Å². The van der Waals surface area contributed by atoms with Crippen molar-refractivity contribution in [1.82, 2.24) is 10.2 Å². The lowest BCUT2D eigenvalue weighted by atomic mass is 10.0. The number of nitrogens with one attached hydrogen (secondary N) is 1. The number of carbonyl (C=O) groups is 2. The molecule has 0 unspecified atom stereocenters. The van der Waals surface area contributed by atoms with Crippen LogP contribution in [0.3, 0.4) is 0 Å². The molecule has 0 aliphatic heterocycles. The molecule has 3 aromatic carbocycles. The summed E-state index contributed by atoms with van der Waals surface area (Å²) < 4.78 is 28.8. The average Bonchev–Trinajstić information content (AvgIpc) is 2.89. The molecule has 0 spiro atoms. The number of carbonyl (C=O) groups excluding carboxylic acids is 2. The van der Waals surface area contributed by atoms with E-state index in [1.165, 1.54) is 24.1 Å². The maximum Gasteiger partial charge on any atom is 0.264 e. The maximum absolute atomic E-state index is 13.8. The van der Waals surface area contributed by atoms with E-state index in [0.29, 0.717) is 10.7 Å². The Morgan fingerprint density at radius 1 is 0.947 bits per heavy atom. The Morgan fingerprint density at radius 2 is 1.58 bits per heavy atom. The molecule has 0 heterocycles. The van der Waals surface area contributed by atoms with Crippen LogP contribution in [-0.4, -0.2) is 44.8 Å². The van der Waals surface area contributed by atoms with Crippen molar-refractivity contribution in [2.24, 2.45) is 0 Å². The molecule has 202 valence electrons. The average molecular weight is 556 g/mol. The predicted molar refractivity (Wildman–Crippen MR) is 152 cm³/mol. The van der Waals surface area contributed by atoms with Gasteiger partial charge in [-0.05, 0) is 67.3 Å². The van der Waals surface area contributed by atoms with Crippen LogP contribution in [-0.2, 0) is 26.2 Å². The highest BCUT2D eigenvalue weighted by Crippen LogP contribution is 2.27. The van der Waals surface area contributed by atoms with Gasteiger partial charge in [0.2, 0.25) is 11.8 Å². The first-order valence-corrected chi connectivity index (χ1v) is 14.2. The molecule has 3 aromatic rings. The fraction of sp³-hybridized carbons (Fsp3) is 0.310. The van der Waals surface area contributed by atoms with Crippen LogP contribution in [0, 0.1) is 6.92 Å². The maximum atomic E-state index is 13.8. The fourth-order valence-electron chi connectivity index (χ4n) is 4.02. The third kappa shape index (κ3) is 6.94. The van der Waals surface area contributed by atoms with Gasteiger partial charge in [0.1, 0.15) is 12.6 Å². The van der Waals surface area contributed by atoms with Gasteiger partial charge in [0.05, 0.1) is 10.6 Å². The summed E-state index contributed by atoms with van der Waals surface area (Å²) in [5, 5.41) is 3.07. The zero-order valence-corrected chi connectivity index (χ0v) is 23.9. The van der Waals surface area contributed by atoms with Crippen LogP contribution < -0.4 is 9.62 Å². The molecule has 7 nitrogen and oxygen atoms in total. The molecule has 9 heteroatoms. The van der Waals surface area contributed by atoms with Crippen molar-refractivity contribution < 1.29 is 18.0 Å². The number of hydrogen-bond acceptors (Lipinski definition) is 4. The monoisotopic (exact) mass is 555 g/mol. The standard InChI is InChI=1S/C29H34ClN3O4S/c1-20(2)24-11-13-26(14-12-24)33(38(36,37)27-15-9-21(3)10-16-27)19-28(34)32(22(4)29(35)31-5)18-23-7-6-8-25(30)17-23/h6-17,20,22H,18-19H2,1-5H3,(H,31,35)/t22-/m0/s1. The molecule has 0 bridgehead atoms. The van der Waals surface area contributed by atoms with E-state index in [4.69, 9.17) is 11.6 Å². The van der Waals surface area contributed by atoms with Crippen molar-refractivity contribution >= 4 is 39.1 Å². The Bertz CT molecular complexity index is 1370. The van der Waals surface area contributed by atoms with E-state index in [0.717, 1.165) is 21.0 Å². The van der Waals surface area contributed by atoms with Gasteiger partial charge in [-0.3, -0.25) is 13.9 Å². The first-order chi connectivity index (χ1) is 17.9. The van der Waals surface area contributed by atoms with Crippen LogP contribution in [0.5, 0.6) is 0 Å². The van der Waals surface area contributed by atoms with Gasteiger partial charge in [0.25, 0.3) is 10.0 Å². The summed E-state index contributed by atoms with van der Waals surface area (Å²) >= 11 is 6.15. The summed E-state index contributed by atoms with van der Waals surface area (Å²) in [6.45, 7) is 7.17. The molecule has 2 amide bonds. The quantitative estimate of drug-likeness (QED) is 0.376. The van der Waals surface area contributed by atoms with E-state index < -0.39 is 28.5 Å². The second kappa shape index (κ2) is 12.5. The van der Waals surface area contributed by atoms with E-state index in [9.17, 15) is 18.0 Å². The third-order valence-electron chi connectivity index (χ3n) is 6.39. The molecule has 1 atom stereocenters. The zero-order chi connectivity index (χ0) is 28.0. The molecule has 0 fully saturated rings. The van der Waals surface area contributed by atoms with Crippen LogP contribution in [0.2, 0.25) is 5.02 Å². The molecular formula is C29H34ClN3O4S. The zero-order valence-electron chi connectivity index (χ0n) is 22.3. The Balaban J connectivity index is 2.04. The van der Waals surface area contributed by atoms with Crippen LogP contribution in [0.4, 0.5) is 5.69 Å². The number of anilines is 1. The van der Waals surface area contributed by atoms with E-state index in [1.807, 2.05) is 32.9 Å². The van der Waals surface area contributed by atoms with Crippen LogP contribution >= 0.6 is 11.6 Å². The Kier molecular flexibility index (Phi) is 9.57. The first-order valence-electron chi connectivity index (χ1n) is 12.4. The van der Waals surface area contributed by atoms with E-state index in [-0.39, 0.29) is 23.3 Å². The summed E-state index contributed by atoms with van der Waals surface area (Å²) in [7, 11) is -2.61. The lowest BCUT2D eigenvalue weighted by Gasteiger charge is -2.32.